The van der Waals surface area contributed by atoms with Crippen LogP contribution < -0.4 is 5.32 Å². The van der Waals surface area contributed by atoms with Crippen LogP contribution in [0.4, 0.5) is 0 Å². The summed E-state index contributed by atoms with van der Waals surface area (Å²) in [7, 11) is 0. The van der Waals surface area contributed by atoms with Crippen molar-refractivity contribution in [2.75, 3.05) is 6.54 Å². The Hall–Kier alpha value is -0.900. The Bertz CT molecular complexity index is 345. The average Bonchev–Trinajstić information content (AvgIpc) is 2.75. The lowest BCUT2D eigenvalue weighted by Crippen LogP contribution is -2.37. The van der Waals surface area contributed by atoms with Crippen LogP contribution in [0.15, 0.2) is 6.33 Å². The SMILES string of the molecule is CCCn1ncnc1CC(C)(CC)CNC(C)C. The average molecular weight is 252 g/mol. The topological polar surface area (TPSA) is 42.7 Å². The van der Waals surface area contributed by atoms with Gasteiger partial charge in [0.2, 0.25) is 0 Å². The molecule has 0 spiro atoms. The summed E-state index contributed by atoms with van der Waals surface area (Å²) in [5.41, 5.74) is 0.253. The summed E-state index contributed by atoms with van der Waals surface area (Å²) in [6, 6.07) is 0.532. The molecular formula is C14H28N4. The third kappa shape index (κ3) is 4.41. The van der Waals surface area contributed by atoms with E-state index in [-0.39, 0.29) is 5.41 Å². The van der Waals surface area contributed by atoms with Crippen molar-refractivity contribution >= 4 is 0 Å². The Kier molecular flexibility index (Phi) is 5.79. The van der Waals surface area contributed by atoms with Crippen molar-refractivity contribution in [2.24, 2.45) is 5.41 Å². The number of hydrogen-bond donors (Lipinski definition) is 1. The third-order valence-corrected chi connectivity index (χ3v) is 3.51. The van der Waals surface area contributed by atoms with E-state index < -0.39 is 0 Å². The number of nitrogens with zero attached hydrogens (tertiary/aromatic N) is 3. The maximum atomic E-state index is 4.42. The molecule has 0 aliphatic carbocycles. The highest BCUT2D eigenvalue weighted by Crippen LogP contribution is 2.25. The molecule has 4 heteroatoms. The van der Waals surface area contributed by atoms with E-state index >= 15 is 0 Å². The maximum absolute atomic E-state index is 4.42. The molecule has 1 atom stereocenters. The minimum absolute atomic E-state index is 0.253. The first-order chi connectivity index (χ1) is 8.50. The Labute approximate surface area is 111 Å². The molecule has 1 unspecified atom stereocenters. The summed E-state index contributed by atoms with van der Waals surface area (Å²) >= 11 is 0. The van der Waals surface area contributed by atoms with Crippen molar-refractivity contribution in [2.45, 2.75) is 66.5 Å². The van der Waals surface area contributed by atoms with Gasteiger partial charge in [-0.25, -0.2) is 4.98 Å². The van der Waals surface area contributed by atoms with Crippen molar-refractivity contribution in [1.82, 2.24) is 20.1 Å². The molecule has 0 bridgehead atoms. The van der Waals surface area contributed by atoms with E-state index in [2.05, 4.69) is 50.0 Å². The van der Waals surface area contributed by atoms with E-state index in [4.69, 9.17) is 0 Å². The second kappa shape index (κ2) is 6.88. The van der Waals surface area contributed by atoms with Crippen LogP contribution in [0.2, 0.25) is 0 Å². The standard InChI is InChI=1S/C14H28N4/c1-6-8-18-13(16-11-17-18)9-14(5,7-2)10-15-12(3)4/h11-12,15H,6-10H2,1-5H3. The zero-order valence-corrected chi connectivity index (χ0v) is 12.5. The molecule has 0 radical (unpaired) electrons. The molecule has 0 fully saturated rings. The highest BCUT2D eigenvalue weighted by molar-refractivity contribution is 4.93. The Balaban J connectivity index is 2.68. The molecule has 1 aromatic rings. The molecule has 0 saturated carbocycles. The summed E-state index contributed by atoms with van der Waals surface area (Å²) in [6.45, 7) is 13.1. The van der Waals surface area contributed by atoms with Crippen molar-refractivity contribution in [3.05, 3.63) is 12.2 Å². The molecule has 0 aromatic carbocycles. The molecule has 0 aliphatic rings. The van der Waals surface area contributed by atoms with Crippen molar-refractivity contribution in [3.63, 3.8) is 0 Å². The van der Waals surface area contributed by atoms with E-state index in [1.54, 1.807) is 6.33 Å². The molecule has 1 rings (SSSR count). The van der Waals surface area contributed by atoms with Crippen LogP contribution in [-0.4, -0.2) is 27.4 Å². The molecule has 1 aromatic heterocycles. The van der Waals surface area contributed by atoms with Gasteiger partial charge in [-0.2, -0.15) is 5.10 Å². The fraction of sp³-hybridized carbons (Fsp3) is 0.857. The highest BCUT2D eigenvalue weighted by atomic mass is 15.3. The minimum Gasteiger partial charge on any atom is -0.314 e. The molecule has 1 N–H and O–H groups in total. The van der Waals surface area contributed by atoms with E-state index in [9.17, 15) is 0 Å². The van der Waals surface area contributed by atoms with Gasteiger partial charge in [-0.3, -0.25) is 4.68 Å². The summed E-state index contributed by atoms with van der Waals surface area (Å²) in [4.78, 5) is 4.42. The minimum atomic E-state index is 0.253. The smallest absolute Gasteiger partial charge is 0.138 e. The van der Waals surface area contributed by atoms with Crippen LogP contribution >= 0.6 is 0 Å². The zero-order chi connectivity index (χ0) is 13.6. The summed E-state index contributed by atoms with van der Waals surface area (Å²) in [6.07, 6.45) is 4.91. The first-order valence-corrected chi connectivity index (χ1v) is 7.11. The molecular weight excluding hydrogens is 224 g/mol. The fourth-order valence-electron chi connectivity index (χ4n) is 1.97. The Morgan fingerprint density at radius 1 is 1.39 bits per heavy atom. The number of rotatable bonds is 8. The molecule has 0 amide bonds. The zero-order valence-electron chi connectivity index (χ0n) is 12.5. The summed E-state index contributed by atoms with van der Waals surface area (Å²) in [5.74, 6) is 1.12. The van der Waals surface area contributed by atoms with Crippen LogP contribution in [0.5, 0.6) is 0 Å². The summed E-state index contributed by atoms with van der Waals surface area (Å²) in [5, 5.41) is 7.85. The summed E-state index contributed by atoms with van der Waals surface area (Å²) < 4.78 is 2.04. The lowest BCUT2D eigenvalue weighted by molar-refractivity contribution is 0.271. The van der Waals surface area contributed by atoms with Gasteiger partial charge in [0.15, 0.2) is 0 Å². The van der Waals surface area contributed by atoms with Gasteiger partial charge in [-0.05, 0) is 18.3 Å². The lowest BCUT2D eigenvalue weighted by atomic mass is 9.83. The monoisotopic (exact) mass is 252 g/mol. The highest BCUT2D eigenvalue weighted by Gasteiger charge is 2.25. The van der Waals surface area contributed by atoms with Crippen molar-refractivity contribution in [1.29, 1.82) is 0 Å². The molecule has 1 heterocycles. The van der Waals surface area contributed by atoms with Gasteiger partial charge in [-0.1, -0.05) is 34.6 Å². The number of aromatic nitrogens is 3. The van der Waals surface area contributed by atoms with Crippen LogP contribution in [0.1, 0.15) is 53.3 Å². The van der Waals surface area contributed by atoms with Crippen LogP contribution in [0.3, 0.4) is 0 Å². The van der Waals surface area contributed by atoms with Gasteiger partial charge in [-0.15, -0.1) is 0 Å². The molecule has 4 nitrogen and oxygen atoms in total. The van der Waals surface area contributed by atoms with Crippen LogP contribution in [-0.2, 0) is 13.0 Å². The number of nitrogens with one attached hydrogen (secondary N) is 1. The molecule has 0 aliphatic heterocycles. The van der Waals surface area contributed by atoms with Crippen LogP contribution in [0.25, 0.3) is 0 Å². The molecule has 18 heavy (non-hydrogen) atoms. The first kappa shape index (κ1) is 15.2. The van der Waals surface area contributed by atoms with Crippen LogP contribution in [0, 0.1) is 5.41 Å². The second-order valence-electron chi connectivity index (χ2n) is 5.78. The van der Waals surface area contributed by atoms with Crippen molar-refractivity contribution in [3.8, 4) is 0 Å². The van der Waals surface area contributed by atoms with E-state index in [0.29, 0.717) is 6.04 Å². The quantitative estimate of drug-likeness (QED) is 0.773. The van der Waals surface area contributed by atoms with E-state index in [1.807, 2.05) is 4.68 Å². The molecule has 104 valence electrons. The second-order valence-corrected chi connectivity index (χ2v) is 5.78. The normalized spacial score (nSPS) is 15.0. The number of aryl methyl sites for hydroxylation is 1. The predicted octanol–water partition coefficient (Wildman–Crippen LogP) is 2.64. The fourth-order valence-corrected chi connectivity index (χ4v) is 1.97. The van der Waals surface area contributed by atoms with E-state index in [1.165, 1.54) is 0 Å². The Morgan fingerprint density at radius 2 is 2.11 bits per heavy atom. The van der Waals surface area contributed by atoms with Gasteiger partial charge in [0.1, 0.15) is 12.2 Å². The predicted molar refractivity (Wildman–Crippen MR) is 75.6 cm³/mol. The van der Waals surface area contributed by atoms with Gasteiger partial charge in [0.25, 0.3) is 0 Å². The lowest BCUT2D eigenvalue weighted by Gasteiger charge is -2.29. The third-order valence-electron chi connectivity index (χ3n) is 3.51. The Morgan fingerprint density at radius 3 is 2.67 bits per heavy atom. The van der Waals surface area contributed by atoms with Gasteiger partial charge in [0.05, 0.1) is 0 Å². The van der Waals surface area contributed by atoms with Gasteiger partial charge < -0.3 is 5.32 Å². The molecule has 0 saturated heterocycles. The van der Waals surface area contributed by atoms with Gasteiger partial charge in [0, 0.05) is 25.6 Å². The van der Waals surface area contributed by atoms with Gasteiger partial charge >= 0.3 is 0 Å². The maximum Gasteiger partial charge on any atom is 0.138 e. The largest absolute Gasteiger partial charge is 0.314 e. The first-order valence-electron chi connectivity index (χ1n) is 7.11. The van der Waals surface area contributed by atoms with Crippen molar-refractivity contribution < 1.29 is 0 Å². The number of hydrogen-bond acceptors (Lipinski definition) is 3. The van der Waals surface area contributed by atoms with E-state index in [0.717, 1.165) is 38.2 Å².